The Morgan fingerprint density at radius 2 is 1.98 bits per heavy atom. The van der Waals surface area contributed by atoms with Crippen LogP contribution < -0.4 is 15.0 Å². The van der Waals surface area contributed by atoms with Crippen molar-refractivity contribution in [2.24, 2.45) is 0 Å². The number of anilines is 1. The van der Waals surface area contributed by atoms with Crippen molar-refractivity contribution in [3.05, 3.63) is 34.7 Å². The van der Waals surface area contributed by atoms with Gasteiger partial charge in [0.15, 0.2) is 5.82 Å². The highest BCUT2D eigenvalue weighted by Gasteiger charge is 2.49. The fraction of sp³-hybridized carbons (Fsp3) is 0.567. The van der Waals surface area contributed by atoms with Crippen molar-refractivity contribution in [1.82, 2.24) is 25.2 Å². The van der Waals surface area contributed by atoms with Crippen LogP contribution in [0.25, 0.3) is 22.2 Å². The van der Waals surface area contributed by atoms with Crippen molar-refractivity contribution in [3.8, 4) is 23.0 Å². The van der Waals surface area contributed by atoms with E-state index in [9.17, 15) is 9.50 Å². The summed E-state index contributed by atoms with van der Waals surface area (Å²) in [6.07, 6.45) is 5.19. The molecule has 4 fully saturated rings. The van der Waals surface area contributed by atoms with Crippen LogP contribution in [-0.4, -0.2) is 81.5 Å². The quantitative estimate of drug-likeness (QED) is 0.408. The number of alkyl halides is 1. The molecule has 4 atom stereocenters. The van der Waals surface area contributed by atoms with Gasteiger partial charge in [-0.05, 0) is 55.8 Å². The Hall–Kier alpha value is -2.82. The van der Waals surface area contributed by atoms with Gasteiger partial charge >= 0.3 is 6.01 Å². The lowest BCUT2D eigenvalue weighted by Gasteiger charge is -2.34. The summed E-state index contributed by atoms with van der Waals surface area (Å²) in [7, 11) is 0. The molecular formula is C30H35ClF2N6O2. The number of phenolic OH excluding ortho intramolecular Hbond substituents is 1. The number of aromatic nitrogens is 3. The topological polar surface area (TPSA) is 86.6 Å². The van der Waals surface area contributed by atoms with Crippen molar-refractivity contribution < 1.29 is 18.6 Å². The second-order valence-electron chi connectivity index (χ2n) is 12.5. The average Bonchev–Trinajstić information content (AvgIpc) is 3.57. The minimum Gasteiger partial charge on any atom is -0.508 e. The molecule has 4 saturated heterocycles. The predicted octanol–water partition coefficient (Wildman–Crippen LogP) is 5.21. The molecule has 11 heteroatoms. The van der Waals surface area contributed by atoms with Crippen LogP contribution in [0.4, 0.5) is 14.6 Å². The first-order valence-corrected chi connectivity index (χ1v) is 15.0. The zero-order chi connectivity index (χ0) is 28.5. The van der Waals surface area contributed by atoms with Crippen LogP contribution in [0.3, 0.4) is 0 Å². The fourth-order valence-electron chi connectivity index (χ4n) is 7.52. The number of ether oxygens (including phenoxy) is 1. The third kappa shape index (κ3) is 4.68. The van der Waals surface area contributed by atoms with Gasteiger partial charge in [-0.1, -0.05) is 25.4 Å². The van der Waals surface area contributed by atoms with Gasteiger partial charge in [0.2, 0.25) is 0 Å². The van der Waals surface area contributed by atoms with E-state index >= 15 is 4.39 Å². The number of pyridine rings is 1. The van der Waals surface area contributed by atoms with Crippen LogP contribution in [0.5, 0.6) is 11.8 Å². The number of benzene rings is 1. The van der Waals surface area contributed by atoms with Crippen LogP contribution in [0.2, 0.25) is 5.02 Å². The van der Waals surface area contributed by atoms with Crippen molar-refractivity contribution >= 4 is 28.3 Å². The second-order valence-corrected chi connectivity index (χ2v) is 12.9. The van der Waals surface area contributed by atoms with E-state index in [1.807, 2.05) is 13.8 Å². The molecule has 0 aliphatic carbocycles. The van der Waals surface area contributed by atoms with E-state index in [2.05, 4.69) is 25.1 Å². The number of hydrogen-bond acceptors (Lipinski definition) is 8. The highest BCUT2D eigenvalue weighted by Crippen LogP contribution is 2.42. The Morgan fingerprint density at radius 3 is 2.73 bits per heavy atom. The van der Waals surface area contributed by atoms with E-state index in [4.69, 9.17) is 21.3 Å². The van der Waals surface area contributed by atoms with Gasteiger partial charge in [-0.25, -0.2) is 8.78 Å². The molecule has 0 amide bonds. The maximum atomic E-state index is 16.5. The van der Waals surface area contributed by atoms with Crippen molar-refractivity contribution in [2.45, 2.75) is 75.7 Å². The van der Waals surface area contributed by atoms with E-state index in [0.717, 1.165) is 45.3 Å². The normalized spacial score (nSPS) is 27.8. The van der Waals surface area contributed by atoms with E-state index in [-0.39, 0.29) is 41.0 Å². The maximum Gasteiger partial charge on any atom is 0.319 e. The molecule has 7 rings (SSSR count). The van der Waals surface area contributed by atoms with Crippen LogP contribution in [0.1, 0.15) is 57.4 Å². The lowest BCUT2D eigenvalue weighted by Crippen LogP contribution is -2.51. The number of halogens is 3. The van der Waals surface area contributed by atoms with Gasteiger partial charge < -0.3 is 20.1 Å². The summed E-state index contributed by atoms with van der Waals surface area (Å²) in [5, 5.41) is 14.8. The molecule has 0 spiro atoms. The molecular weight excluding hydrogens is 550 g/mol. The Bertz CT molecular complexity index is 1500. The molecule has 3 aromatic rings. The summed E-state index contributed by atoms with van der Waals surface area (Å²) < 4.78 is 37.2. The molecule has 4 aliphatic rings. The van der Waals surface area contributed by atoms with Gasteiger partial charge in [-0.15, -0.1) is 0 Å². The van der Waals surface area contributed by atoms with Gasteiger partial charge in [0.05, 0.1) is 10.9 Å². The first-order valence-electron chi connectivity index (χ1n) is 14.6. The summed E-state index contributed by atoms with van der Waals surface area (Å²) in [4.78, 5) is 18.3. The van der Waals surface area contributed by atoms with Crippen LogP contribution in [0.15, 0.2) is 18.3 Å². The lowest BCUT2D eigenvalue weighted by molar-refractivity contribution is 0.107. The van der Waals surface area contributed by atoms with Crippen LogP contribution >= 0.6 is 11.6 Å². The summed E-state index contributed by atoms with van der Waals surface area (Å²) in [6, 6.07) is 3.72. The highest BCUT2D eigenvalue weighted by atomic mass is 35.5. The van der Waals surface area contributed by atoms with E-state index in [1.165, 1.54) is 12.1 Å². The smallest absolute Gasteiger partial charge is 0.319 e. The zero-order valence-corrected chi connectivity index (χ0v) is 24.1. The minimum atomic E-state index is -0.876. The fourth-order valence-corrected chi connectivity index (χ4v) is 7.95. The van der Waals surface area contributed by atoms with Crippen molar-refractivity contribution in [2.75, 3.05) is 37.7 Å². The Kier molecular flexibility index (Phi) is 6.71. The van der Waals surface area contributed by atoms with Gasteiger partial charge in [-0.3, -0.25) is 9.88 Å². The summed E-state index contributed by atoms with van der Waals surface area (Å²) in [5.41, 5.74) is 0.908. The molecule has 4 aliphatic heterocycles. The Balaban J connectivity index is 1.34. The number of aromatic hydroxyl groups is 1. The number of nitrogens with zero attached hydrogens (tertiary/aromatic N) is 5. The predicted molar refractivity (Wildman–Crippen MR) is 154 cm³/mol. The Morgan fingerprint density at radius 1 is 1.20 bits per heavy atom. The number of hydrogen-bond donors (Lipinski definition) is 2. The third-order valence-corrected chi connectivity index (χ3v) is 9.65. The van der Waals surface area contributed by atoms with E-state index in [0.29, 0.717) is 52.4 Å². The molecule has 2 bridgehead atoms. The average molecular weight is 585 g/mol. The van der Waals surface area contributed by atoms with Gasteiger partial charge in [0.1, 0.15) is 35.6 Å². The minimum absolute atomic E-state index is 0.0365. The Labute approximate surface area is 243 Å². The van der Waals surface area contributed by atoms with Crippen molar-refractivity contribution in [1.29, 1.82) is 0 Å². The molecule has 218 valence electrons. The number of piperazine rings is 1. The molecule has 0 saturated carbocycles. The van der Waals surface area contributed by atoms with Crippen LogP contribution in [-0.2, 0) is 0 Å². The summed E-state index contributed by atoms with van der Waals surface area (Å²) >= 11 is 6.49. The molecule has 41 heavy (non-hydrogen) atoms. The number of rotatable bonds is 6. The second kappa shape index (κ2) is 10.2. The summed E-state index contributed by atoms with van der Waals surface area (Å²) in [5.74, 6) is -0.133. The van der Waals surface area contributed by atoms with Gasteiger partial charge in [0.25, 0.3) is 0 Å². The SMILES string of the molecule is CC(C)c1c(Cl)cc(O)cc1-c1ncc2c(N3CC4CCC(C3)N4)nc(OC[C@@]34CCCN3C[C@H](F)C4)nc2c1F. The zero-order valence-electron chi connectivity index (χ0n) is 23.3. The maximum absolute atomic E-state index is 16.5. The molecule has 2 unspecified atom stereocenters. The highest BCUT2D eigenvalue weighted by molar-refractivity contribution is 6.32. The molecule has 2 N–H and O–H groups in total. The number of fused-ring (bicyclic) bond motifs is 4. The number of nitrogens with one attached hydrogen (secondary N) is 1. The molecule has 2 aromatic heterocycles. The largest absolute Gasteiger partial charge is 0.508 e. The van der Waals surface area contributed by atoms with Crippen LogP contribution in [0, 0.1) is 5.82 Å². The first-order chi connectivity index (χ1) is 19.7. The molecule has 0 radical (unpaired) electrons. The monoisotopic (exact) mass is 584 g/mol. The molecule has 6 heterocycles. The summed E-state index contributed by atoms with van der Waals surface area (Å²) in [6.45, 7) is 6.93. The van der Waals surface area contributed by atoms with Gasteiger partial charge in [0, 0.05) is 54.9 Å². The van der Waals surface area contributed by atoms with E-state index < -0.39 is 12.0 Å². The lowest BCUT2D eigenvalue weighted by atomic mass is 9.94. The molecule has 1 aromatic carbocycles. The van der Waals surface area contributed by atoms with E-state index in [1.54, 1.807) is 6.20 Å². The standard InChI is InChI=1S/C30H35ClF2N6O2/c1-16(2)24-21(8-20(40)9-23(24)31)26-25(33)27-22(11-34-26)28(38-13-18-4-5-19(14-38)35-18)37-29(36-27)41-15-30-6-3-7-39(30)12-17(32)10-30/h8-9,11,16-19,35,40H,3-7,10,12-15H2,1-2H3/t17-,18?,19?,30+/m1/s1. The van der Waals surface area contributed by atoms with Gasteiger partial charge in [-0.2, -0.15) is 9.97 Å². The number of phenols is 1. The first kappa shape index (κ1) is 27.0. The van der Waals surface area contributed by atoms with Crippen molar-refractivity contribution in [3.63, 3.8) is 0 Å². The third-order valence-electron chi connectivity index (χ3n) is 9.34. The molecule has 8 nitrogen and oxygen atoms in total.